The lowest BCUT2D eigenvalue weighted by Crippen LogP contribution is -2.37. The number of nitro groups is 1. The van der Waals surface area contributed by atoms with Crippen LogP contribution in [0.2, 0.25) is 5.28 Å². The summed E-state index contributed by atoms with van der Waals surface area (Å²) in [6.07, 6.45) is 0. The summed E-state index contributed by atoms with van der Waals surface area (Å²) in [4.78, 5) is 51.0. The first kappa shape index (κ1) is 17.5. The zero-order chi connectivity index (χ0) is 19.2. The summed E-state index contributed by atoms with van der Waals surface area (Å²) < 4.78 is 3.27. The molecule has 3 rings (SSSR count). The van der Waals surface area contributed by atoms with Gasteiger partial charge in [0, 0.05) is 31.8 Å². The van der Waals surface area contributed by atoms with Gasteiger partial charge < -0.3 is 4.57 Å². The second-order valence-corrected chi connectivity index (χ2v) is 5.91. The predicted octanol–water partition coefficient (Wildman–Crippen LogP) is 0.878. The van der Waals surface area contributed by atoms with Crippen molar-refractivity contribution in [2.24, 2.45) is 14.1 Å². The van der Waals surface area contributed by atoms with E-state index in [2.05, 4.69) is 4.98 Å². The van der Waals surface area contributed by atoms with Crippen molar-refractivity contribution in [1.29, 1.82) is 0 Å². The average Bonchev–Trinajstić information content (AvgIpc) is 2.94. The Morgan fingerprint density at radius 1 is 1.19 bits per heavy atom. The SMILES string of the molecule is Cn1c(=O)c2c(nc(Cl)n2CC(=O)c2ccc([N+](=O)[O-])cc2)n(C)c1=O. The molecule has 26 heavy (non-hydrogen) atoms. The monoisotopic (exact) mass is 377 g/mol. The molecule has 1 aromatic carbocycles. The molecule has 0 saturated heterocycles. The summed E-state index contributed by atoms with van der Waals surface area (Å²) in [7, 11) is 2.75. The largest absolute Gasteiger partial charge is 0.332 e. The van der Waals surface area contributed by atoms with E-state index in [0.29, 0.717) is 0 Å². The first-order valence-electron chi connectivity index (χ1n) is 7.31. The van der Waals surface area contributed by atoms with Crippen molar-refractivity contribution in [2.75, 3.05) is 0 Å². The minimum atomic E-state index is -0.626. The van der Waals surface area contributed by atoms with Gasteiger partial charge in [-0.05, 0) is 23.7 Å². The normalized spacial score (nSPS) is 11.0. The number of benzene rings is 1. The van der Waals surface area contributed by atoms with Crippen LogP contribution in [0.5, 0.6) is 0 Å². The van der Waals surface area contributed by atoms with Crippen molar-refractivity contribution in [3.8, 4) is 0 Å². The first-order chi connectivity index (χ1) is 12.2. The average molecular weight is 378 g/mol. The fourth-order valence-electron chi connectivity index (χ4n) is 2.57. The van der Waals surface area contributed by atoms with Gasteiger partial charge in [-0.15, -0.1) is 0 Å². The van der Waals surface area contributed by atoms with Crippen molar-refractivity contribution < 1.29 is 9.72 Å². The maximum atomic E-state index is 12.5. The summed E-state index contributed by atoms with van der Waals surface area (Å²) in [5.41, 5.74) is -1.02. The Morgan fingerprint density at radius 3 is 2.38 bits per heavy atom. The number of hydrogen-bond donors (Lipinski definition) is 0. The van der Waals surface area contributed by atoms with Crippen molar-refractivity contribution in [1.82, 2.24) is 18.7 Å². The van der Waals surface area contributed by atoms with E-state index >= 15 is 0 Å². The van der Waals surface area contributed by atoms with Crippen LogP contribution in [0.3, 0.4) is 0 Å². The molecule has 0 aliphatic heterocycles. The molecule has 0 fully saturated rings. The number of carbonyl (C=O) groups excluding carboxylic acids is 1. The minimum absolute atomic E-state index is 0.0230. The number of halogens is 1. The van der Waals surface area contributed by atoms with Crippen LogP contribution in [-0.2, 0) is 20.6 Å². The van der Waals surface area contributed by atoms with E-state index in [4.69, 9.17) is 11.6 Å². The molecule has 10 nitrogen and oxygen atoms in total. The fourth-order valence-corrected chi connectivity index (χ4v) is 2.79. The molecule has 0 unspecified atom stereocenters. The number of ketones is 1. The van der Waals surface area contributed by atoms with Crippen LogP contribution in [0.25, 0.3) is 11.2 Å². The Labute approximate surface area is 150 Å². The second-order valence-electron chi connectivity index (χ2n) is 5.57. The third-order valence-corrected chi connectivity index (χ3v) is 4.29. The van der Waals surface area contributed by atoms with E-state index in [1.54, 1.807) is 0 Å². The summed E-state index contributed by atoms with van der Waals surface area (Å²) in [6.45, 7) is -0.305. The lowest BCUT2D eigenvalue weighted by molar-refractivity contribution is -0.384. The van der Waals surface area contributed by atoms with Gasteiger partial charge in [0.05, 0.1) is 11.5 Å². The van der Waals surface area contributed by atoms with E-state index in [1.165, 1.54) is 42.9 Å². The van der Waals surface area contributed by atoms with Gasteiger partial charge in [0.15, 0.2) is 16.9 Å². The third-order valence-electron chi connectivity index (χ3n) is 4.00. The van der Waals surface area contributed by atoms with Crippen LogP contribution in [0, 0.1) is 10.1 Å². The van der Waals surface area contributed by atoms with Crippen LogP contribution in [0.1, 0.15) is 10.4 Å². The number of hydrogen-bond acceptors (Lipinski definition) is 6. The van der Waals surface area contributed by atoms with E-state index in [0.717, 1.165) is 9.13 Å². The molecule has 2 heterocycles. The number of nitrogens with zero attached hydrogens (tertiary/aromatic N) is 5. The topological polar surface area (TPSA) is 122 Å². The van der Waals surface area contributed by atoms with Crippen LogP contribution < -0.4 is 11.2 Å². The summed E-state index contributed by atoms with van der Waals surface area (Å²) in [5.74, 6) is -0.419. The highest BCUT2D eigenvalue weighted by Gasteiger charge is 2.20. The lowest BCUT2D eigenvalue weighted by atomic mass is 10.1. The molecule has 2 aromatic heterocycles. The molecule has 0 N–H and O–H groups in total. The molecule has 0 radical (unpaired) electrons. The number of rotatable bonds is 4. The maximum Gasteiger partial charge on any atom is 0.332 e. The second kappa shape index (κ2) is 6.23. The third kappa shape index (κ3) is 2.69. The van der Waals surface area contributed by atoms with Crippen molar-refractivity contribution >= 4 is 34.2 Å². The number of fused-ring (bicyclic) bond motifs is 1. The number of non-ortho nitro benzene ring substituents is 1. The van der Waals surface area contributed by atoms with Crippen LogP contribution in [-0.4, -0.2) is 29.4 Å². The van der Waals surface area contributed by atoms with Crippen molar-refractivity contribution in [2.45, 2.75) is 6.54 Å². The Kier molecular flexibility index (Phi) is 4.20. The lowest BCUT2D eigenvalue weighted by Gasteiger charge is -2.07. The number of carbonyl (C=O) groups is 1. The molecule has 3 aromatic rings. The zero-order valence-corrected chi connectivity index (χ0v) is 14.4. The van der Waals surface area contributed by atoms with Gasteiger partial charge in [-0.1, -0.05) is 0 Å². The van der Waals surface area contributed by atoms with Gasteiger partial charge in [0.2, 0.25) is 5.28 Å². The summed E-state index contributed by atoms with van der Waals surface area (Å²) >= 11 is 6.06. The van der Waals surface area contributed by atoms with Gasteiger partial charge in [-0.3, -0.25) is 28.8 Å². The Bertz CT molecular complexity index is 1170. The highest BCUT2D eigenvalue weighted by atomic mass is 35.5. The van der Waals surface area contributed by atoms with Gasteiger partial charge >= 0.3 is 5.69 Å². The molecule has 0 amide bonds. The van der Waals surface area contributed by atoms with Gasteiger partial charge in [0.25, 0.3) is 11.2 Å². The highest BCUT2D eigenvalue weighted by Crippen LogP contribution is 2.18. The maximum absolute atomic E-state index is 12.5. The molecular formula is C15H12ClN5O5. The molecule has 11 heteroatoms. The standard InChI is InChI=1S/C15H12ClN5O5/c1-18-12-11(13(23)19(2)15(18)24)20(14(16)17-12)7-10(22)8-3-5-9(6-4-8)21(25)26/h3-6H,7H2,1-2H3. The predicted molar refractivity (Wildman–Crippen MR) is 92.7 cm³/mol. The first-order valence-corrected chi connectivity index (χ1v) is 7.69. The molecule has 0 spiro atoms. The van der Waals surface area contributed by atoms with E-state index in [-0.39, 0.29) is 34.2 Å². The molecule has 0 aliphatic carbocycles. The Balaban J connectivity index is 2.08. The fraction of sp³-hybridized carbons (Fsp3) is 0.200. The minimum Gasteiger partial charge on any atom is -0.301 e. The van der Waals surface area contributed by atoms with Crippen molar-refractivity contribution in [3.05, 3.63) is 66.1 Å². The quantitative estimate of drug-likeness (QED) is 0.288. The number of aryl methyl sites for hydroxylation is 1. The molecule has 0 saturated carbocycles. The molecule has 0 bridgehead atoms. The molecule has 134 valence electrons. The Hall–Kier alpha value is -3.27. The summed E-state index contributed by atoms with van der Waals surface area (Å²) in [5, 5.41) is 10.6. The number of Topliss-reactive ketones (excluding diaryl/α,β-unsaturated/α-hetero) is 1. The van der Waals surface area contributed by atoms with Gasteiger partial charge in [-0.25, -0.2) is 4.79 Å². The van der Waals surface area contributed by atoms with E-state index < -0.39 is 22.0 Å². The van der Waals surface area contributed by atoms with Crippen molar-refractivity contribution in [3.63, 3.8) is 0 Å². The number of imidazole rings is 1. The zero-order valence-electron chi connectivity index (χ0n) is 13.7. The van der Waals surface area contributed by atoms with Gasteiger partial charge in [-0.2, -0.15) is 4.98 Å². The van der Waals surface area contributed by atoms with Crippen LogP contribution in [0.15, 0.2) is 33.9 Å². The number of nitro benzene ring substituents is 1. The molecular weight excluding hydrogens is 366 g/mol. The van der Waals surface area contributed by atoms with Crippen LogP contribution >= 0.6 is 11.6 Å². The Morgan fingerprint density at radius 2 is 1.81 bits per heavy atom. The highest BCUT2D eigenvalue weighted by molar-refractivity contribution is 6.29. The van der Waals surface area contributed by atoms with E-state index in [9.17, 15) is 24.5 Å². The van der Waals surface area contributed by atoms with Gasteiger partial charge in [0.1, 0.15) is 0 Å². The van der Waals surface area contributed by atoms with E-state index in [1.807, 2.05) is 0 Å². The summed E-state index contributed by atoms with van der Waals surface area (Å²) in [6, 6.07) is 5.07. The smallest absolute Gasteiger partial charge is 0.301 e. The van der Waals surface area contributed by atoms with Crippen LogP contribution in [0.4, 0.5) is 5.69 Å². The molecule has 0 aliphatic rings. The number of aromatic nitrogens is 4. The molecule has 0 atom stereocenters.